The van der Waals surface area contributed by atoms with Crippen LogP contribution in [0.4, 0.5) is 4.79 Å². The van der Waals surface area contributed by atoms with Gasteiger partial charge in [0.05, 0.1) is 0 Å². The van der Waals surface area contributed by atoms with Crippen LogP contribution in [0.25, 0.3) is 0 Å². The minimum atomic E-state index is -0.305. The highest BCUT2D eigenvalue weighted by atomic mass is 16.2. The van der Waals surface area contributed by atoms with Crippen molar-refractivity contribution in [1.82, 2.24) is 15.8 Å². The lowest BCUT2D eigenvalue weighted by molar-refractivity contribution is -0.134. The van der Waals surface area contributed by atoms with Crippen molar-refractivity contribution in [2.45, 2.75) is 33.6 Å². The molecule has 0 bridgehead atoms. The monoisotopic (exact) mass is 227 g/mol. The summed E-state index contributed by atoms with van der Waals surface area (Å²) in [7, 11) is 0. The molecule has 5 nitrogen and oxygen atoms in total. The average Bonchev–Trinajstić information content (AvgIpc) is 2.60. The Balaban J connectivity index is 2.48. The maximum atomic E-state index is 11.9. The first kappa shape index (κ1) is 12.8. The van der Waals surface area contributed by atoms with Crippen LogP contribution in [0.3, 0.4) is 0 Å². The lowest BCUT2D eigenvalue weighted by Crippen LogP contribution is -2.48. The molecule has 2 N–H and O–H groups in total. The molecular formula is C11H21N3O2. The van der Waals surface area contributed by atoms with Gasteiger partial charge in [0, 0.05) is 19.0 Å². The van der Waals surface area contributed by atoms with Gasteiger partial charge in [0.1, 0.15) is 0 Å². The molecule has 0 aliphatic carbocycles. The summed E-state index contributed by atoms with van der Waals surface area (Å²) in [6, 6.07) is -0.305. The van der Waals surface area contributed by atoms with E-state index in [0.29, 0.717) is 19.0 Å². The van der Waals surface area contributed by atoms with Crippen molar-refractivity contribution in [2.75, 3.05) is 13.1 Å². The van der Waals surface area contributed by atoms with Crippen LogP contribution in [0.2, 0.25) is 0 Å². The highest BCUT2D eigenvalue weighted by Crippen LogP contribution is 2.26. The van der Waals surface area contributed by atoms with Gasteiger partial charge in [0.25, 0.3) is 0 Å². The normalized spacial score (nSPS) is 22.1. The molecule has 0 aromatic carbocycles. The lowest BCUT2D eigenvalue weighted by atomic mass is 9.91. The molecule has 0 radical (unpaired) electrons. The highest BCUT2D eigenvalue weighted by Gasteiger charge is 2.35. The molecule has 92 valence electrons. The summed E-state index contributed by atoms with van der Waals surface area (Å²) in [5, 5.41) is 4.04. The number of urea groups is 1. The fourth-order valence-corrected chi connectivity index (χ4v) is 1.95. The number of carbonyl (C=O) groups is 2. The minimum Gasteiger partial charge on any atom is -0.337 e. The molecule has 1 heterocycles. The zero-order valence-corrected chi connectivity index (χ0v) is 10.2. The van der Waals surface area contributed by atoms with Gasteiger partial charge in [-0.15, -0.1) is 0 Å². The molecule has 0 saturated carbocycles. The number of carbonyl (C=O) groups excluding carboxylic acids is 2. The van der Waals surface area contributed by atoms with E-state index in [1.54, 1.807) is 0 Å². The molecule has 1 aliphatic rings. The third-order valence-electron chi connectivity index (χ3n) is 3.15. The summed E-state index contributed by atoms with van der Waals surface area (Å²) in [5.41, 5.74) is 2.57. The third-order valence-corrected chi connectivity index (χ3v) is 3.15. The molecule has 1 fully saturated rings. The van der Waals surface area contributed by atoms with Crippen molar-refractivity contribution >= 4 is 11.9 Å². The van der Waals surface area contributed by atoms with Gasteiger partial charge in [0.15, 0.2) is 0 Å². The largest absolute Gasteiger partial charge is 0.337 e. The van der Waals surface area contributed by atoms with Crippen LogP contribution in [0.1, 0.15) is 33.6 Å². The summed E-state index contributed by atoms with van der Waals surface area (Å²) >= 11 is 0. The molecule has 1 rings (SSSR count). The van der Waals surface area contributed by atoms with E-state index in [0.717, 1.165) is 12.8 Å². The molecule has 0 aromatic heterocycles. The Kier molecular flexibility index (Phi) is 4.58. The zero-order valence-electron chi connectivity index (χ0n) is 10.2. The van der Waals surface area contributed by atoms with Gasteiger partial charge in [-0.05, 0) is 19.3 Å². The van der Waals surface area contributed by atoms with Crippen LogP contribution in [-0.2, 0) is 4.79 Å². The Morgan fingerprint density at radius 3 is 2.81 bits per heavy atom. The summed E-state index contributed by atoms with van der Waals surface area (Å²) in [5.74, 6) is 0.487. The SMILES string of the molecule is CCNC(=O)NN1CCC(C(C)CC)C1=O. The van der Waals surface area contributed by atoms with Crippen molar-refractivity contribution < 1.29 is 9.59 Å². The van der Waals surface area contributed by atoms with E-state index in [9.17, 15) is 9.59 Å². The van der Waals surface area contributed by atoms with Crippen molar-refractivity contribution in [3.05, 3.63) is 0 Å². The Morgan fingerprint density at radius 1 is 1.56 bits per heavy atom. The predicted octanol–water partition coefficient (Wildman–Crippen LogP) is 1.12. The van der Waals surface area contributed by atoms with E-state index in [4.69, 9.17) is 0 Å². The summed E-state index contributed by atoms with van der Waals surface area (Å²) in [6.07, 6.45) is 1.83. The van der Waals surface area contributed by atoms with E-state index >= 15 is 0 Å². The molecule has 0 spiro atoms. The van der Waals surface area contributed by atoms with Crippen molar-refractivity contribution in [3.8, 4) is 0 Å². The fraction of sp³-hybridized carbons (Fsp3) is 0.818. The van der Waals surface area contributed by atoms with Gasteiger partial charge >= 0.3 is 6.03 Å². The van der Waals surface area contributed by atoms with Gasteiger partial charge in [-0.2, -0.15) is 0 Å². The van der Waals surface area contributed by atoms with Gasteiger partial charge in [0.2, 0.25) is 5.91 Å². The van der Waals surface area contributed by atoms with Crippen molar-refractivity contribution in [1.29, 1.82) is 0 Å². The summed E-state index contributed by atoms with van der Waals surface area (Å²) in [4.78, 5) is 23.2. The number of hydrazine groups is 1. The molecule has 1 saturated heterocycles. The Bertz CT molecular complexity index is 268. The molecule has 1 aliphatic heterocycles. The topological polar surface area (TPSA) is 61.4 Å². The van der Waals surface area contributed by atoms with Crippen LogP contribution < -0.4 is 10.7 Å². The van der Waals surface area contributed by atoms with Gasteiger partial charge in [-0.3, -0.25) is 9.80 Å². The van der Waals surface area contributed by atoms with Crippen molar-refractivity contribution in [3.63, 3.8) is 0 Å². The Hall–Kier alpha value is -1.26. The molecule has 16 heavy (non-hydrogen) atoms. The van der Waals surface area contributed by atoms with Crippen LogP contribution >= 0.6 is 0 Å². The van der Waals surface area contributed by atoms with Crippen LogP contribution in [0.15, 0.2) is 0 Å². The minimum absolute atomic E-state index is 0.0422. The Morgan fingerprint density at radius 2 is 2.25 bits per heavy atom. The first-order chi connectivity index (χ1) is 7.60. The smallest absolute Gasteiger partial charge is 0.333 e. The number of hydrogen-bond acceptors (Lipinski definition) is 2. The second-order valence-corrected chi connectivity index (χ2v) is 4.24. The van der Waals surface area contributed by atoms with E-state index in [1.807, 2.05) is 6.92 Å². The van der Waals surface area contributed by atoms with Gasteiger partial charge < -0.3 is 5.32 Å². The number of nitrogens with one attached hydrogen (secondary N) is 2. The Labute approximate surface area is 96.5 Å². The molecule has 2 unspecified atom stereocenters. The number of hydrogen-bond donors (Lipinski definition) is 2. The number of nitrogens with zero attached hydrogens (tertiary/aromatic N) is 1. The molecule has 0 aromatic rings. The van der Waals surface area contributed by atoms with Crippen LogP contribution in [0.5, 0.6) is 0 Å². The summed E-state index contributed by atoms with van der Waals surface area (Å²) in [6.45, 7) is 7.18. The predicted molar refractivity (Wildman–Crippen MR) is 61.5 cm³/mol. The second kappa shape index (κ2) is 5.72. The quantitative estimate of drug-likeness (QED) is 0.756. The molecule has 5 heteroatoms. The first-order valence-corrected chi connectivity index (χ1v) is 5.96. The third kappa shape index (κ3) is 2.87. The van der Waals surface area contributed by atoms with Crippen LogP contribution in [-0.4, -0.2) is 30.0 Å². The van der Waals surface area contributed by atoms with Crippen LogP contribution in [0, 0.1) is 11.8 Å². The first-order valence-electron chi connectivity index (χ1n) is 5.96. The van der Waals surface area contributed by atoms with Gasteiger partial charge in [-0.25, -0.2) is 10.2 Å². The van der Waals surface area contributed by atoms with E-state index < -0.39 is 0 Å². The maximum Gasteiger partial charge on any atom is 0.333 e. The molecule has 3 amide bonds. The highest BCUT2D eigenvalue weighted by molar-refractivity contribution is 5.84. The fourth-order valence-electron chi connectivity index (χ4n) is 1.95. The maximum absolute atomic E-state index is 11.9. The molecule has 2 atom stereocenters. The number of amides is 3. The number of rotatable bonds is 4. The van der Waals surface area contributed by atoms with Gasteiger partial charge in [-0.1, -0.05) is 20.3 Å². The standard InChI is InChI=1S/C11H21N3O2/c1-4-8(3)9-6-7-14(10(9)15)13-11(16)12-5-2/h8-9H,4-7H2,1-3H3,(H2,12,13,16). The average molecular weight is 227 g/mol. The van der Waals surface area contributed by atoms with E-state index in [2.05, 4.69) is 24.6 Å². The van der Waals surface area contributed by atoms with E-state index in [-0.39, 0.29) is 17.9 Å². The molecular weight excluding hydrogens is 206 g/mol. The second-order valence-electron chi connectivity index (χ2n) is 4.24. The summed E-state index contributed by atoms with van der Waals surface area (Å²) < 4.78 is 0. The van der Waals surface area contributed by atoms with Crippen molar-refractivity contribution in [2.24, 2.45) is 11.8 Å². The van der Waals surface area contributed by atoms with E-state index in [1.165, 1.54) is 5.01 Å². The zero-order chi connectivity index (χ0) is 12.1. The lowest BCUT2D eigenvalue weighted by Gasteiger charge is -2.19.